The SMILES string of the molecule is COc1cccc(C(COc2ccc(CC3SC(O)N(COc4cccc(C(COc5ccc(Cc6sc(=O)[nH]c6O)cc5)OC(=O)CCC(=O)O)c4)C3=O)cc2)OC(=O)CCC(=O)O)c1. The zero-order chi connectivity index (χ0) is 47.2. The molecule has 1 aliphatic heterocycles. The molecule has 1 saturated heterocycles. The number of aliphatic carboxylic acids is 2. The number of aliphatic hydroxyl groups is 1. The highest BCUT2D eigenvalue weighted by Crippen LogP contribution is 2.34. The molecule has 66 heavy (non-hydrogen) atoms. The molecule has 0 radical (unpaired) electrons. The van der Waals surface area contributed by atoms with Crippen LogP contribution >= 0.6 is 23.1 Å². The molecule has 0 saturated carbocycles. The van der Waals surface area contributed by atoms with Crippen LogP contribution in [-0.4, -0.2) is 98.0 Å². The third kappa shape index (κ3) is 14.2. The summed E-state index contributed by atoms with van der Waals surface area (Å²) in [7, 11) is 1.50. The van der Waals surface area contributed by atoms with Gasteiger partial charge in [0.05, 0.1) is 42.9 Å². The van der Waals surface area contributed by atoms with Crippen LogP contribution in [0.5, 0.6) is 28.9 Å². The van der Waals surface area contributed by atoms with Crippen molar-refractivity contribution in [2.24, 2.45) is 0 Å². The van der Waals surface area contributed by atoms with Gasteiger partial charge in [-0.05, 0) is 77.2 Å². The van der Waals surface area contributed by atoms with Gasteiger partial charge in [0.15, 0.2) is 24.5 Å². The van der Waals surface area contributed by atoms with Gasteiger partial charge in [0, 0.05) is 6.42 Å². The van der Waals surface area contributed by atoms with Gasteiger partial charge >= 0.3 is 28.8 Å². The predicted octanol–water partition coefficient (Wildman–Crippen LogP) is 5.60. The fourth-order valence-corrected chi connectivity index (χ4v) is 8.42. The number of carboxylic acid groups (broad SMARTS) is 2. The topological polar surface area (TPSA) is 258 Å². The number of hydrogen-bond acceptors (Lipinski definition) is 16. The summed E-state index contributed by atoms with van der Waals surface area (Å²) < 4.78 is 34.4. The van der Waals surface area contributed by atoms with Gasteiger partial charge in [-0.15, -0.1) is 0 Å². The molecule has 20 heteroatoms. The highest BCUT2D eigenvalue weighted by molar-refractivity contribution is 8.01. The van der Waals surface area contributed by atoms with Gasteiger partial charge in [0.1, 0.15) is 36.2 Å². The standard InChI is InChI=1S/C46H46N2O16S2/c1-59-33-6-2-4-29(22-33)35(63-41(53)18-16-39(49)50)24-60-32-14-10-28(11-15-32)21-38-44(56)48(46(58)66-38)26-62-34-7-3-5-30(23-34)36(64-42(54)19-17-40(51)52)25-61-31-12-8-27(9-13-31)20-37-43(55)47-45(57)65-37/h2-15,22-23,35-36,38,46,55,58H,16-21,24-26H2,1H3,(H,47,57)(H,49,50)(H,51,52). The number of amides is 1. The Labute approximate surface area is 385 Å². The summed E-state index contributed by atoms with van der Waals surface area (Å²) in [5.74, 6) is -2.60. The molecule has 0 bridgehead atoms. The average Bonchev–Trinajstić information content (AvgIpc) is 3.77. The maximum atomic E-state index is 13.5. The van der Waals surface area contributed by atoms with E-state index >= 15 is 0 Å². The van der Waals surface area contributed by atoms with Crippen molar-refractivity contribution < 1.29 is 72.8 Å². The number of hydrogen-bond donors (Lipinski definition) is 5. The van der Waals surface area contributed by atoms with Gasteiger partial charge < -0.3 is 48.8 Å². The Hall–Kier alpha value is -7.03. The Morgan fingerprint density at radius 2 is 1.23 bits per heavy atom. The first-order valence-corrected chi connectivity index (χ1v) is 22.2. The van der Waals surface area contributed by atoms with E-state index in [1.165, 1.54) is 12.0 Å². The summed E-state index contributed by atoms with van der Waals surface area (Å²) in [5.41, 5.74) is 1.41. The van der Waals surface area contributed by atoms with Crippen molar-refractivity contribution in [3.63, 3.8) is 0 Å². The number of aromatic nitrogens is 1. The second-order valence-corrected chi connectivity index (χ2v) is 17.0. The van der Waals surface area contributed by atoms with Crippen LogP contribution in [0.2, 0.25) is 0 Å². The number of aliphatic hydroxyl groups excluding tert-OH is 1. The molecule has 5 aromatic rings. The fourth-order valence-electron chi connectivity index (χ4n) is 6.52. The van der Waals surface area contributed by atoms with Crippen LogP contribution < -0.4 is 23.8 Å². The Kier molecular flexibility index (Phi) is 17.1. The lowest BCUT2D eigenvalue weighted by atomic mass is 10.1. The zero-order valence-corrected chi connectivity index (χ0v) is 37.0. The number of methoxy groups -OCH3 is 1. The molecule has 18 nitrogen and oxygen atoms in total. The number of carboxylic acids is 2. The Morgan fingerprint density at radius 1 is 0.697 bits per heavy atom. The first-order valence-electron chi connectivity index (χ1n) is 20.4. The smallest absolute Gasteiger partial charge is 0.307 e. The summed E-state index contributed by atoms with van der Waals surface area (Å²) in [6.07, 6.45) is -2.76. The quantitative estimate of drug-likeness (QED) is 0.0472. The van der Waals surface area contributed by atoms with E-state index in [2.05, 4.69) is 4.98 Å². The number of carbonyl (C=O) groups is 5. The van der Waals surface area contributed by atoms with Gasteiger partial charge in [0.2, 0.25) is 11.8 Å². The van der Waals surface area contributed by atoms with E-state index in [1.807, 2.05) is 0 Å². The normalized spacial score (nSPS) is 15.4. The lowest BCUT2D eigenvalue weighted by Crippen LogP contribution is -2.37. The van der Waals surface area contributed by atoms with Gasteiger partial charge in [-0.25, -0.2) is 0 Å². The lowest BCUT2D eigenvalue weighted by molar-refractivity contribution is -0.154. The third-order valence-corrected chi connectivity index (χ3v) is 12.0. The molecular weight excluding hydrogens is 901 g/mol. The molecule has 0 spiro atoms. The first-order chi connectivity index (χ1) is 31.7. The molecule has 348 valence electrons. The summed E-state index contributed by atoms with van der Waals surface area (Å²) in [5, 5.41) is 38.2. The lowest BCUT2D eigenvalue weighted by Gasteiger charge is -2.22. The van der Waals surface area contributed by atoms with E-state index in [1.54, 1.807) is 97.1 Å². The molecule has 5 N–H and O–H groups in total. The predicted molar refractivity (Wildman–Crippen MR) is 238 cm³/mol. The number of rotatable bonds is 24. The first kappa shape index (κ1) is 48.4. The highest BCUT2D eigenvalue weighted by atomic mass is 32.2. The van der Waals surface area contributed by atoms with Gasteiger partial charge in [0.25, 0.3) is 0 Å². The Bertz CT molecular complexity index is 2530. The monoisotopic (exact) mass is 946 g/mol. The van der Waals surface area contributed by atoms with Crippen molar-refractivity contribution in [1.82, 2.24) is 9.88 Å². The Morgan fingerprint density at radius 3 is 1.74 bits per heavy atom. The van der Waals surface area contributed by atoms with E-state index in [9.17, 15) is 39.0 Å². The summed E-state index contributed by atoms with van der Waals surface area (Å²) in [4.78, 5) is 75.9. The van der Waals surface area contributed by atoms with Crippen LogP contribution in [0, 0.1) is 0 Å². The van der Waals surface area contributed by atoms with Crippen molar-refractivity contribution in [2.45, 2.75) is 61.5 Å². The number of thiazole rings is 1. The number of carbonyl (C=O) groups excluding carboxylic acids is 3. The van der Waals surface area contributed by atoms with Gasteiger partial charge in [-0.1, -0.05) is 71.6 Å². The second kappa shape index (κ2) is 23.2. The minimum Gasteiger partial charge on any atom is -0.497 e. The number of aromatic hydroxyl groups is 1. The number of aromatic amines is 1. The number of esters is 2. The molecule has 6 rings (SSSR count). The van der Waals surface area contributed by atoms with Crippen molar-refractivity contribution in [3.05, 3.63) is 134 Å². The van der Waals surface area contributed by atoms with Crippen molar-refractivity contribution in [2.75, 3.05) is 27.1 Å². The van der Waals surface area contributed by atoms with Crippen LogP contribution in [-0.2, 0) is 46.3 Å². The van der Waals surface area contributed by atoms with Crippen molar-refractivity contribution in [1.29, 1.82) is 0 Å². The molecule has 0 aliphatic carbocycles. The maximum absolute atomic E-state index is 13.5. The minimum absolute atomic E-state index is 0.0794. The molecule has 1 amide bonds. The maximum Gasteiger partial charge on any atom is 0.307 e. The fraction of sp³-hybridized carbons (Fsp3) is 0.304. The molecule has 4 aromatic carbocycles. The molecule has 4 unspecified atom stereocenters. The molecule has 4 atom stereocenters. The van der Waals surface area contributed by atoms with Gasteiger partial charge in [-0.2, -0.15) is 0 Å². The number of nitrogens with zero attached hydrogens (tertiary/aromatic N) is 1. The summed E-state index contributed by atoms with van der Waals surface area (Å²) in [6, 6.07) is 27.2. The van der Waals surface area contributed by atoms with Crippen LogP contribution in [0.4, 0.5) is 0 Å². The Balaban J connectivity index is 1.04. The summed E-state index contributed by atoms with van der Waals surface area (Å²) >= 11 is 1.96. The number of thioether (sulfide) groups is 1. The molecule has 1 aromatic heterocycles. The van der Waals surface area contributed by atoms with E-state index in [0.29, 0.717) is 39.7 Å². The van der Waals surface area contributed by atoms with Crippen molar-refractivity contribution in [3.8, 4) is 28.9 Å². The van der Waals surface area contributed by atoms with Crippen LogP contribution in [0.3, 0.4) is 0 Å². The highest BCUT2D eigenvalue weighted by Gasteiger charge is 2.39. The van der Waals surface area contributed by atoms with Crippen LogP contribution in [0.25, 0.3) is 0 Å². The average molecular weight is 947 g/mol. The van der Waals surface area contributed by atoms with E-state index in [4.69, 9.17) is 38.6 Å². The molecular formula is C46H46N2O16S2. The largest absolute Gasteiger partial charge is 0.497 e. The number of nitrogens with one attached hydrogen (secondary N) is 1. The number of H-pyrrole nitrogens is 1. The molecule has 1 aliphatic rings. The third-order valence-electron chi connectivity index (χ3n) is 9.95. The van der Waals surface area contributed by atoms with Crippen LogP contribution in [0.1, 0.15) is 65.0 Å². The van der Waals surface area contributed by atoms with Crippen LogP contribution in [0.15, 0.2) is 102 Å². The van der Waals surface area contributed by atoms with Gasteiger partial charge in [-0.3, -0.25) is 38.7 Å². The zero-order valence-electron chi connectivity index (χ0n) is 35.4. The van der Waals surface area contributed by atoms with E-state index in [0.717, 1.165) is 34.2 Å². The van der Waals surface area contributed by atoms with E-state index < -0.39 is 53.3 Å². The van der Waals surface area contributed by atoms with Crippen molar-refractivity contribution >= 4 is 52.9 Å². The summed E-state index contributed by atoms with van der Waals surface area (Å²) in [6.45, 7) is -0.547. The molecule has 2 heterocycles. The number of benzene rings is 4. The minimum atomic E-state index is -1.21. The number of ether oxygens (including phenoxy) is 6. The second-order valence-electron chi connectivity index (χ2n) is 14.7. The van der Waals surface area contributed by atoms with E-state index in [-0.39, 0.29) is 68.0 Å². The molecule has 1 fully saturated rings.